The minimum Gasteiger partial charge on any atom is -0.457 e. The van der Waals surface area contributed by atoms with Crippen LogP contribution < -0.4 is 9.64 Å². The molecule has 0 amide bonds. The van der Waals surface area contributed by atoms with E-state index in [0.29, 0.717) is 17.5 Å². The summed E-state index contributed by atoms with van der Waals surface area (Å²) in [6, 6.07) is 36.7. The number of para-hydroxylation sites is 2. The molecule has 2 heterocycles. The highest BCUT2D eigenvalue weighted by Gasteiger charge is 2.27. The Kier molecular flexibility index (Phi) is 5.52. The number of hydrogen-bond acceptors (Lipinski definition) is 5. The average Bonchev–Trinajstić information content (AvgIpc) is 3.00. The third-order valence-corrected chi connectivity index (χ3v) is 6.76. The van der Waals surface area contributed by atoms with Crippen molar-refractivity contribution in [3.63, 3.8) is 0 Å². The summed E-state index contributed by atoms with van der Waals surface area (Å²) in [6.45, 7) is 0. The lowest BCUT2D eigenvalue weighted by Gasteiger charge is -2.35. The molecule has 0 fully saturated rings. The Bertz CT molecular complexity index is 1620. The van der Waals surface area contributed by atoms with Crippen LogP contribution in [0, 0.1) is 0 Å². The molecule has 0 saturated heterocycles. The summed E-state index contributed by atoms with van der Waals surface area (Å²) < 4.78 is 6.25. The average molecular weight is 493 g/mol. The molecule has 0 atom stereocenters. The van der Waals surface area contributed by atoms with Crippen molar-refractivity contribution in [1.29, 1.82) is 0 Å². The first-order valence-corrected chi connectivity index (χ1v) is 12.8. The number of ether oxygens (including phenoxy) is 1. The second-order valence-electron chi connectivity index (χ2n) is 9.24. The van der Waals surface area contributed by atoms with Crippen molar-refractivity contribution >= 4 is 11.4 Å². The molecule has 182 valence electrons. The molecule has 2 aliphatic rings. The maximum absolute atomic E-state index is 6.25. The summed E-state index contributed by atoms with van der Waals surface area (Å²) in [4.78, 5) is 16.8. The molecule has 1 aromatic heterocycles. The fourth-order valence-electron chi connectivity index (χ4n) is 4.90. The van der Waals surface area contributed by atoms with E-state index in [2.05, 4.69) is 47.4 Å². The lowest BCUT2D eigenvalue weighted by Crippen LogP contribution is -2.24. The number of benzene rings is 4. The smallest absolute Gasteiger partial charge is 0.164 e. The van der Waals surface area contributed by atoms with Gasteiger partial charge in [-0.1, -0.05) is 78.9 Å². The van der Waals surface area contributed by atoms with Gasteiger partial charge in [0.15, 0.2) is 23.2 Å². The Labute approximate surface area is 221 Å². The zero-order chi connectivity index (χ0) is 25.3. The highest BCUT2D eigenvalue weighted by atomic mass is 16.5. The maximum atomic E-state index is 6.25. The maximum Gasteiger partial charge on any atom is 0.164 e. The van der Waals surface area contributed by atoms with Gasteiger partial charge in [-0.05, 0) is 48.9 Å². The summed E-state index contributed by atoms with van der Waals surface area (Å²) in [6.07, 6.45) is 6.25. The van der Waals surface area contributed by atoms with E-state index in [1.165, 1.54) is 0 Å². The zero-order valence-electron chi connectivity index (χ0n) is 20.7. The molecule has 0 N–H and O–H groups in total. The van der Waals surface area contributed by atoms with Gasteiger partial charge in [0.05, 0.1) is 11.4 Å². The molecular weight excluding hydrogens is 468 g/mol. The van der Waals surface area contributed by atoms with Crippen molar-refractivity contribution in [2.75, 3.05) is 4.90 Å². The molecule has 1 aliphatic carbocycles. The molecule has 5 heteroatoms. The van der Waals surface area contributed by atoms with Crippen molar-refractivity contribution in [3.8, 4) is 39.9 Å². The SMILES string of the molecule is C1=CC2=C(CC1)Oc1ccccc1N2c1ccc(-c2nc(-c3ccccc3)nc(-c3ccccc3)n2)cc1. The Morgan fingerprint density at radius 2 is 1.13 bits per heavy atom. The van der Waals surface area contributed by atoms with Crippen LogP contribution in [0.3, 0.4) is 0 Å². The van der Waals surface area contributed by atoms with Crippen molar-refractivity contribution in [2.45, 2.75) is 12.8 Å². The van der Waals surface area contributed by atoms with E-state index < -0.39 is 0 Å². The lowest BCUT2D eigenvalue weighted by atomic mass is 10.0. The molecule has 5 aromatic rings. The van der Waals surface area contributed by atoms with Crippen LogP contribution in [0.25, 0.3) is 34.2 Å². The van der Waals surface area contributed by atoms with Crippen LogP contribution in [0.1, 0.15) is 12.8 Å². The van der Waals surface area contributed by atoms with Crippen LogP contribution in [0.15, 0.2) is 133 Å². The number of fused-ring (bicyclic) bond motifs is 1. The van der Waals surface area contributed by atoms with Crippen LogP contribution in [0.4, 0.5) is 11.4 Å². The first kappa shape index (κ1) is 22.2. The largest absolute Gasteiger partial charge is 0.457 e. The molecule has 0 saturated carbocycles. The third kappa shape index (κ3) is 4.04. The van der Waals surface area contributed by atoms with Crippen molar-refractivity contribution in [2.24, 2.45) is 0 Å². The Morgan fingerprint density at radius 1 is 0.579 bits per heavy atom. The Balaban J connectivity index is 1.31. The molecule has 0 bridgehead atoms. The molecule has 4 aromatic carbocycles. The van der Waals surface area contributed by atoms with Crippen LogP contribution in [0.2, 0.25) is 0 Å². The second kappa shape index (κ2) is 9.45. The van der Waals surface area contributed by atoms with Gasteiger partial charge < -0.3 is 9.64 Å². The van der Waals surface area contributed by atoms with E-state index in [-0.39, 0.29) is 0 Å². The van der Waals surface area contributed by atoms with Gasteiger partial charge in [0, 0.05) is 28.8 Å². The first-order chi connectivity index (χ1) is 18.8. The van der Waals surface area contributed by atoms with Crippen molar-refractivity contribution < 1.29 is 4.74 Å². The number of nitrogens with zero attached hydrogens (tertiary/aromatic N) is 4. The summed E-state index contributed by atoms with van der Waals surface area (Å²) in [5, 5.41) is 0. The van der Waals surface area contributed by atoms with Crippen LogP contribution in [-0.2, 0) is 0 Å². The molecule has 7 rings (SSSR count). The fraction of sp³-hybridized carbons (Fsp3) is 0.0606. The summed E-state index contributed by atoms with van der Waals surface area (Å²) in [7, 11) is 0. The Hall–Kier alpha value is -5.03. The number of allylic oxidation sites excluding steroid dienone is 3. The van der Waals surface area contributed by atoms with Crippen molar-refractivity contribution in [1.82, 2.24) is 15.0 Å². The van der Waals surface area contributed by atoms with E-state index >= 15 is 0 Å². The molecule has 5 nitrogen and oxygen atoms in total. The molecular formula is C33H24N4O. The second-order valence-corrected chi connectivity index (χ2v) is 9.24. The van der Waals surface area contributed by atoms with Gasteiger partial charge in [0.25, 0.3) is 0 Å². The monoisotopic (exact) mass is 492 g/mol. The number of anilines is 2. The van der Waals surface area contributed by atoms with Crippen LogP contribution in [-0.4, -0.2) is 15.0 Å². The lowest BCUT2D eigenvalue weighted by molar-refractivity contribution is 0.388. The van der Waals surface area contributed by atoms with E-state index in [4.69, 9.17) is 19.7 Å². The predicted molar refractivity (Wildman–Crippen MR) is 151 cm³/mol. The minimum absolute atomic E-state index is 0.643. The molecule has 0 spiro atoms. The van der Waals surface area contributed by atoms with Gasteiger partial charge in [-0.2, -0.15) is 0 Å². The van der Waals surface area contributed by atoms with E-state index in [9.17, 15) is 0 Å². The van der Waals surface area contributed by atoms with E-state index in [1.54, 1.807) is 0 Å². The van der Waals surface area contributed by atoms with Gasteiger partial charge in [-0.3, -0.25) is 0 Å². The Morgan fingerprint density at radius 3 is 1.76 bits per heavy atom. The highest BCUT2D eigenvalue weighted by Crippen LogP contribution is 2.44. The fourth-order valence-corrected chi connectivity index (χ4v) is 4.90. The first-order valence-electron chi connectivity index (χ1n) is 12.8. The number of rotatable bonds is 4. The quantitative estimate of drug-likeness (QED) is 0.255. The molecule has 0 radical (unpaired) electrons. The van der Waals surface area contributed by atoms with Gasteiger partial charge in [-0.25, -0.2) is 15.0 Å². The standard InChI is InChI=1S/C33H24N4O/c1-3-11-23(12-4-1)31-34-32(24-13-5-2-6-14-24)36-33(35-31)25-19-21-26(22-20-25)37-27-15-7-9-17-29(27)38-30-18-10-8-16-28(30)37/h1-9,11-17,19-22H,10,18H2. The third-order valence-electron chi connectivity index (χ3n) is 6.76. The minimum atomic E-state index is 0.643. The molecule has 1 aliphatic heterocycles. The van der Waals surface area contributed by atoms with Crippen LogP contribution in [0.5, 0.6) is 5.75 Å². The van der Waals surface area contributed by atoms with Gasteiger partial charge in [0.1, 0.15) is 5.76 Å². The summed E-state index contributed by atoms with van der Waals surface area (Å²) in [5.74, 6) is 3.84. The van der Waals surface area contributed by atoms with Gasteiger partial charge in [0.2, 0.25) is 0 Å². The topological polar surface area (TPSA) is 51.1 Å². The highest BCUT2D eigenvalue weighted by molar-refractivity contribution is 5.78. The van der Waals surface area contributed by atoms with Gasteiger partial charge in [-0.15, -0.1) is 0 Å². The molecule has 38 heavy (non-hydrogen) atoms. The summed E-state index contributed by atoms with van der Waals surface area (Å²) >= 11 is 0. The van der Waals surface area contributed by atoms with E-state index in [0.717, 1.165) is 58.1 Å². The van der Waals surface area contributed by atoms with Crippen molar-refractivity contribution in [3.05, 3.63) is 133 Å². The molecule has 0 unspecified atom stereocenters. The summed E-state index contributed by atoms with van der Waals surface area (Å²) in [5.41, 5.74) is 6.02. The number of hydrogen-bond donors (Lipinski definition) is 0. The number of aromatic nitrogens is 3. The van der Waals surface area contributed by atoms with E-state index in [1.807, 2.05) is 78.9 Å². The van der Waals surface area contributed by atoms with Gasteiger partial charge >= 0.3 is 0 Å². The van der Waals surface area contributed by atoms with Crippen LogP contribution >= 0.6 is 0 Å². The predicted octanol–water partition coefficient (Wildman–Crippen LogP) is 7.96. The normalized spacial score (nSPS) is 14.1. The zero-order valence-corrected chi connectivity index (χ0v) is 20.7.